The number of hydrogen-bond acceptors (Lipinski definition) is 2. The average molecular weight is 642 g/mol. The van der Waals surface area contributed by atoms with E-state index in [9.17, 15) is 9.59 Å². The Morgan fingerprint density at radius 1 is 0.440 bits per heavy atom. The standard InChI is InChI=1S/C45H27N3O2/c1-46-34-17-10-16-31(26-34)32-23-25-40-38(27-32)36-18-8-9-20-39(36)47(40)41-21-11-19-37-43(41)45(50)48(44(37)49)42-28-33(29-12-4-2-5-13-29)22-24-35(42)30-14-6-3-7-15-30/h2-28H. The molecule has 8 aromatic rings. The van der Waals surface area contributed by atoms with Crippen LogP contribution in [0.1, 0.15) is 20.7 Å². The number of rotatable bonds is 5. The molecule has 2 amide bonds. The quantitative estimate of drug-likeness (QED) is 0.139. The van der Waals surface area contributed by atoms with E-state index in [2.05, 4.69) is 27.6 Å². The molecule has 234 valence electrons. The maximum Gasteiger partial charge on any atom is 0.268 e. The molecule has 1 aromatic heterocycles. The number of imide groups is 1. The Hall–Kier alpha value is -7.03. The van der Waals surface area contributed by atoms with Crippen LogP contribution >= 0.6 is 0 Å². The molecule has 0 spiro atoms. The second-order valence-electron chi connectivity index (χ2n) is 12.4. The Labute approximate surface area is 288 Å². The molecule has 5 nitrogen and oxygen atoms in total. The molecule has 0 radical (unpaired) electrons. The zero-order chi connectivity index (χ0) is 33.8. The normalized spacial score (nSPS) is 12.4. The van der Waals surface area contributed by atoms with Crippen molar-refractivity contribution in [3.8, 4) is 39.1 Å². The fraction of sp³-hybridized carbons (Fsp3) is 0. The molecule has 0 N–H and O–H groups in total. The van der Waals surface area contributed by atoms with Crippen molar-refractivity contribution in [1.29, 1.82) is 0 Å². The highest BCUT2D eigenvalue weighted by atomic mass is 16.2. The molecule has 0 unspecified atom stereocenters. The van der Waals surface area contributed by atoms with Gasteiger partial charge in [0.05, 0.1) is 40.1 Å². The van der Waals surface area contributed by atoms with Crippen LogP contribution in [0, 0.1) is 6.57 Å². The highest BCUT2D eigenvalue weighted by Gasteiger charge is 2.40. The summed E-state index contributed by atoms with van der Waals surface area (Å²) in [6, 6.07) is 53.3. The zero-order valence-corrected chi connectivity index (χ0v) is 26.7. The highest BCUT2D eigenvalue weighted by molar-refractivity contribution is 6.36. The number of aromatic nitrogens is 1. The third-order valence-electron chi connectivity index (χ3n) is 9.55. The number of anilines is 1. The second kappa shape index (κ2) is 11.6. The lowest BCUT2D eigenvalue weighted by Gasteiger charge is -2.20. The molecule has 1 aliphatic rings. The van der Waals surface area contributed by atoms with Gasteiger partial charge in [-0.1, -0.05) is 121 Å². The SMILES string of the molecule is [C-]#[N+]c1cccc(-c2ccc3c(c2)c2ccccc2n3-c2cccc3c2C(=O)N(c2cc(-c4ccccc4)ccc2-c2ccccc2)C3=O)c1. The molecule has 0 aliphatic carbocycles. The molecule has 0 bridgehead atoms. The molecular formula is C45H27N3O2. The van der Waals surface area contributed by atoms with Gasteiger partial charge in [-0.25, -0.2) is 9.74 Å². The van der Waals surface area contributed by atoms with Crippen LogP contribution in [-0.2, 0) is 0 Å². The van der Waals surface area contributed by atoms with E-state index in [0.717, 1.165) is 55.2 Å². The van der Waals surface area contributed by atoms with Crippen molar-refractivity contribution >= 4 is 45.0 Å². The molecule has 50 heavy (non-hydrogen) atoms. The van der Waals surface area contributed by atoms with E-state index in [-0.39, 0.29) is 11.8 Å². The van der Waals surface area contributed by atoms with E-state index in [0.29, 0.717) is 28.2 Å². The summed E-state index contributed by atoms with van der Waals surface area (Å²) in [5.41, 5.74) is 9.95. The Morgan fingerprint density at radius 2 is 1.08 bits per heavy atom. The molecule has 9 rings (SSSR count). The third-order valence-corrected chi connectivity index (χ3v) is 9.55. The van der Waals surface area contributed by atoms with Gasteiger partial charge >= 0.3 is 0 Å². The Kier molecular flexibility index (Phi) is 6.75. The van der Waals surface area contributed by atoms with Crippen molar-refractivity contribution in [2.45, 2.75) is 0 Å². The summed E-state index contributed by atoms with van der Waals surface area (Å²) < 4.78 is 2.09. The summed E-state index contributed by atoms with van der Waals surface area (Å²) in [5, 5.41) is 2.04. The second-order valence-corrected chi connectivity index (χ2v) is 12.4. The highest BCUT2D eigenvalue weighted by Crippen LogP contribution is 2.42. The van der Waals surface area contributed by atoms with Gasteiger partial charge in [-0.2, -0.15) is 0 Å². The first-order valence-corrected chi connectivity index (χ1v) is 16.4. The van der Waals surface area contributed by atoms with Gasteiger partial charge in [-0.15, -0.1) is 0 Å². The van der Waals surface area contributed by atoms with E-state index < -0.39 is 0 Å². The van der Waals surface area contributed by atoms with Crippen molar-refractivity contribution in [3.63, 3.8) is 0 Å². The van der Waals surface area contributed by atoms with Gasteiger partial charge in [0.2, 0.25) is 0 Å². The van der Waals surface area contributed by atoms with Crippen molar-refractivity contribution in [2.75, 3.05) is 4.90 Å². The fourth-order valence-electron chi connectivity index (χ4n) is 7.23. The van der Waals surface area contributed by atoms with Crippen LogP contribution in [0.5, 0.6) is 0 Å². The van der Waals surface area contributed by atoms with Crippen LogP contribution in [-0.4, -0.2) is 16.4 Å². The first kappa shape index (κ1) is 29.1. The first-order chi connectivity index (χ1) is 24.6. The van der Waals surface area contributed by atoms with Gasteiger partial charge in [0, 0.05) is 16.3 Å². The number of benzene rings is 7. The maximum atomic E-state index is 14.8. The van der Waals surface area contributed by atoms with Crippen LogP contribution in [0.3, 0.4) is 0 Å². The Morgan fingerprint density at radius 3 is 1.88 bits per heavy atom. The lowest BCUT2D eigenvalue weighted by Crippen LogP contribution is -2.30. The molecule has 0 saturated heterocycles. The van der Waals surface area contributed by atoms with E-state index in [1.807, 2.05) is 133 Å². The molecule has 5 heteroatoms. The van der Waals surface area contributed by atoms with Crippen LogP contribution < -0.4 is 4.90 Å². The number of carbonyl (C=O) groups excluding carboxylic acids is 2. The van der Waals surface area contributed by atoms with Crippen LogP contribution in [0.25, 0.3) is 65.7 Å². The molecule has 2 heterocycles. The minimum atomic E-state index is -0.360. The largest absolute Gasteiger partial charge is 0.308 e. The number of amides is 2. The lowest BCUT2D eigenvalue weighted by molar-refractivity contribution is 0.0926. The van der Waals surface area contributed by atoms with Crippen LogP contribution in [0.15, 0.2) is 164 Å². The van der Waals surface area contributed by atoms with Gasteiger partial charge in [0.25, 0.3) is 11.8 Å². The van der Waals surface area contributed by atoms with Crippen molar-refractivity contribution in [3.05, 3.63) is 186 Å². The van der Waals surface area contributed by atoms with E-state index in [1.54, 1.807) is 12.1 Å². The summed E-state index contributed by atoms with van der Waals surface area (Å²) in [6.45, 7) is 7.47. The number of carbonyl (C=O) groups is 2. The van der Waals surface area contributed by atoms with E-state index in [4.69, 9.17) is 6.57 Å². The number of para-hydroxylation sites is 1. The maximum absolute atomic E-state index is 14.8. The van der Waals surface area contributed by atoms with Crippen LogP contribution in [0.2, 0.25) is 0 Å². The minimum absolute atomic E-state index is 0.350. The van der Waals surface area contributed by atoms with Gasteiger partial charge in [0.1, 0.15) is 0 Å². The molecular weight excluding hydrogens is 615 g/mol. The van der Waals surface area contributed by atoms with Gasteiger partial charge < -0.3 is 4.57 Å². The summed E-state index contributed by atoms with van der Waals surface area (Å²) >= 11 is 0. The van der Waals surface area contributed by atoms with E-state index >= 15 is 0 Å². The minimum Gasteiger partial charge on any atom is -0.308 e. The van der Waals surface area contributed by atoms with E-state index in [1.165, 1.54) is 4.90 Å². The Bertz CT molecular complexity index is 2700. The van der Waals surface area contributed by atoms with Gasteiger partial charge in [-0.05, 0) is 70.3 Å². The van der Waals surface area contributed by atoms with Crippen molar-refractivity contribution < 1.29 is 9.59 Å². The fourth-order valence-corrected chi connectivity index (χ4v) is 7.23. The summed E-state index contributed by atoms with van der Waals surface area (Å²) in [4.78, 5) is 34.2. The van der Waals surface area contributed by atoms with Crippen molar-refractivity contribution in [1.82, 2.24) is 4.57 Å². The molecule has 1 aliphatic heterocycles. The summed E-state index contributed by atoms with van der Waals surface area (Å²) in [5.74, 6) is -0.710. The smallest absolute Gasteiger partial charge is 0.268 e. The number of hydrogen-bond donors (Lipinski definition) is 0. The predicted molar refractivity (Wildman–Crippen MR) is 201 cm³/mol. The third kappa shape index (κ3) is 4.55. The zero-order valence-electron chi connectivity index (χ0n) is 26.7. The monoisotopic (exact) mass is 641 g/mol. The van der Waals surface area contributed by atoms with Gasteiger partial charge in [0.15, 0.2) is 5.69 Å². The molecule has 7 aromatic carbocycles. The first-order valence-electron chi connectivity index (χ1n) is 16.4. The average Bonchev–Trinajstić information content (AvgIpc) is 3.65. The summed E-state index contributed by atoms with van der Waals surface area (Å²) in [7, 11) is 0. The topological polar surface area (TPSA) is 46.7 Å². The Balaban J connectivity index is 1.23. The lowest BCUT2D eigenvalue weighted by atomic mass is 9.97. The predicted octanol–water partition coefficient (Wildman–Crippen LogP) is 11.1. The number of fused-ring (bicyclic) bond motifs is 4. The molecule has 0 fully saturated rings. The molecule has 0 saturated carbocycles. The van der Waals surface area contributed by atoms with Gasteiger partial charge in [-0.3, -0.25) is 9.59 Å². The number of nitrogens with zero attached hydrogens (tertiary/aromatic N) is 3. The van der Waals surface area contributed by atoms with Crippen LogP contribution in [0.4, 0.5) is 11.4 Å². The van der Waals surface area contributed by atoms with Crippen molar-refractivity contribution in [2.24, 2.45) is 0 Å². The molecule has 0 atom stereocenters. The summed E-state index contributed by atoms with van der Waals surface area (Å²) in [6.07, 6.45) is 0.